The number of hydrogen-bond donors (Lipinski definition) is 1. The number of aromatic nitrogens is 1. The van der Waals surface area contributed by atoms with Crippen LogP contribution in [0, 0.1) is 0 Å². The molecule has 2 saturated heterocycles. The van der Waals surface area contributed by atoms with Crippen molar-refractivity contribution in [3.8, 4) is 0 Å². The molecule has 3 heterocycles. The monoisotopic (exact) mass is 488 g/mol. The molecule has 9 nitrogen and oxygen atoms in total. The van der Waals surface area contributed by atoms with Crippen LogP contribution in [0.15, 0.2) is 41.4 Å². The Bertz CT molecular complexity index is 1150. The van der Waals surface area contributed by atoms with Gasteiger partial charge in [-0.1, -0.05) is 12.1 Å². The standard InChI is InChI=1S/C24H32N4O5S/c1-3-33-24(30)22-15-20(17-26(22)2)34(31,32)28-13-7-10-21(28)23(29)25-19-9-6-8-18(14-19)16-27-11-4-5-12-27/h6,8-9,14-15,17,21H,3-5,7,10-13,16H2,1-2H3,(H,25,29)/t21-/m1/s1. The zero-order chi connectivity index (χ0) is 24.3. The number of anilines is 1. The van der Waals surface area contributed by atoms with Gasteiger partial charge in [-0.3, -0.25) is 9.69 Å². The van der Waals surface area contributed by atoms with Gasteiger partial charge in [-0.05, 0) is 69.5 Å². The Labute approximate surface area is 200 Å². The van der Waals surface area contributed by atoms with Gasteiger partial charge in [-0.25, -0.2) is 13.2 Å². The van der Waals surface area contributed by atoms with Gasteiger partial charge in [0.05, 0.1) is 6.61 Å². The Morgan fingerprint density at radius 3 is 2.62 bits per heavy atom. The van der Waals surface area contributed by atoms with Crippen LogP contribution in [-0.2, 0) is 33.1 Å². The number of likely N-dealkylation sites (tertiary alicyclic amines) is 1. The first-order valence-corrected chi connectivity index (χ1v) is 13.2. The molecule has 1 N–H and O–H groups in total. The average Bonchev–Trinajstić information content (AvgIpc) is 3.55. The van der Waals surface area contributed by atoms with E-state index in [1.54, 1.807) is 14.0 Å². The summed E-state index contributed by atoms with van der Waals surface area (Å²) in [5, 5.41) is 2.91. The van der Waals surface area contributed by atoms with Crippen molar-refractivity contribution in [2.24, 2.45) is 7.05 Å². The molecule has 2 aliphatic heterocycles. The van der Waals surface area contributed by atoms with E-state index in [-0.39, 0.29) is 29.6 Å². The maximum Gasteiger partial charge on any atom is 0.354 e. The maximum absolute atomic E-state index is 13.4. The minimum atomic E-state index is -3.96. The second-order valence-electron chi connectivity index (χ2n) is 8.84. The quantitative estimate of drug-likeness (QED) is 0.573. The lowest BCUT2D eigenvalue weighted by molar-refractivity contribution is -0.119. The van der Waals surface area contributed by atoms with Crippen molar-refractivity contribution in [1.82, 2.24) is 13.8 Å². The van der Waals surface area contributed by atoms with Gasteiger partial charge in [0.25, 0.3) is 0 Å². The smallest absolute Gasteiger partial charge is 0.354 e. The number of hydrogen-bond acceptors (Lipinski definition) is 6. The van der Waals surface area contributed by atoms with Gasteiger partial charge < -0.3 is 14.6 Å². The van der Waals surface area contributed by atoms with Gasteiger partial charge in [-0.2, -0.15) is 4.31 Å². The molecule has 2 fully saturated rings. The number of esters is 1. The molecule has 1 amide bonds. The Morgan fingerprint density at radius 2 is 1.88 bits per heavy atom. The second-order valence-corrected chi connectivity index (χ2v) is 10.7. The van der Waals surface area contributed by atoms with E-state index in [4.69, 9.17) is 4.74 Å². The van der Waals surface area contributed by atoms with Crippen LogP contribution < -0.4 is 5.32 Å². The fourth-order valence-electron chi connectivity index (χ4n) is 4.68. The van der Waals surface area contributed by atoms with Crippen LogP contribution in [0.25, 0.3) is 0 Å². The van der Waals surface area contributed by atoms with Crippen molar-refractivity contribution in [3.63, 3.8) is 0 Å². The number of carbonyl (C=O) groups excluding carboxylic acids is 2. The summed E-state index contributed by atoms with van der Waals surface area (Å²) in [6.45, 7) is 5.14. The average molecular weight is 489 g/mol. The summed E-state index contributed by atoms with van der Waals surface area (Å²) in [6.07, 6.45) is 4.84. The number of ether oxygens (including phenoxy) is 1. The highest BCUT2D eigenvalue weighted by molar-refractivity contribution is 7.89. The molecule has 1 aromatic carbocycles. The highest BCUT2D eigenvalue weighted by Crippen LogP contribution is 2.28. The topological polar surface area (TPSA) is 101 Å². The molecule has 0 unspecified atom stereocenters. The zero-order valence-corrected chi connectivity index (χ0v) is 20.5. The maximum atomic E-state index is 13.4. The molecular weight excluding hydrogens is 456 g/mol. The van der Waals surface area contributed by atoms with Crippen LogP contribution in [0.4, 0.5) is 5.69 Å². The molecule has 0 aliphatic carbocycles. The number of aryl methyl sites for hydroxylation is 1. The number of amides is 1. The minimum absolute atomic E-state index is 0.0228. The fraction of sp³-hybridized carbons (Fsp3) is 0.500. The van der Waals surface area contributed by atoms with Crippen LogP contribution in [0.1, 0.15) is 48.7 Å². The lowest BCUT2D eigenvalue weighted by Gasteiger charge is -2.23. The molecule has 0 radical (unpaired) electrons. The molecule has 1 atom stereocenters. The number of nitrogens with one attached hydrogen (secondary N) is 1. The molecule has 34 heavy (non-hydrogen) atoms. The largest absolute Gasteiger partial charge is 0.461 e. The third-order valence-electron chi connectivity index (χ3n) is 6.38. The van der Waals surface area contributed by atoms with E-state index in [0.29, 0.717) is 18.5 Å². The van der Waals surface area contributed by atoms with Gasteiger partial charge in [0.1, 0.15) is 16.6 Å². The van der Waals surface area contributed by atoms with E-state index in [9.17, 15) is 18.0 Å². The predicted octanol–water partition coefficient (Wildman–Crippen LogP) is 2.59. The highest BCUT2D eigenvalue weighted by Gasteiger charge is 2.40. The Balaban J connectivity index is 1.48. The predicted molar refractivity (Wildman–Crippen MR) is 128 cm³/mol. The van der Waals surface area contributed by atoms with Gasteiger partial charge in [-0.15, -0.1) is 0 Å². The molecule has 0 spiro atoms. The highest BCUT2D eigenvalue weighted by atomic mass is 32.2. The van der Waals surface area contributed by atoms with E-state index >= 15 is 0 Å². The molecule has 1 aromatic heterocycles. The Hall–Kier alpha value is -2.69. The summed E-state index contributed by atoms with van der Waals surface area (Å²) >= 11 is 0. The van der Waals surface area contributed by atoms with Gasteiger partial charge in [0.15, 0.2) is 0 Å². The van der Waals surface area contributed by atoms with Gasteiger partial charge in [0.2, 0.25) is 15.9 Å². The number of sulfonamides is 1. The fourth-order valence-corrected chi connectivity index (χ4v) is 6.41. The molecule has 4 rings (SSSR count). The van der Waals surface area contributed by atoms with Crippen molar-refractivity contribution in [2.45, 2.75) is 50.1 Å². The normalized spacial score (nSPS) is 19.4. The third kappa shape index (κ3) is 5.18. The van der Waals surface area contributed by atoms with E-state index in [0.717, 1.165) is 25.2 Å². The molecule has 2 aliphatic rings. The van der Waals surface area contributed by atoms with Crippen LogP contribution in [-0.4, -0.2) is 66.3 Å². The Morgan fingerprint density at radius 1 is 1.12 bits per heavy atom. The first-order chi connectivity index (χ1) is 16.3. The summed E-state index contributed by atoms with van der Waals surface area (Å²) in [5.74, 6) is -0.933. The van der Waals surface area contributed by atoms with E-state index in [2.05, 4.69) is 10.2 Å². The SMILES string of the molecule is CCOC(=O)c1cc(S(=O)(=O)N2CCC[C@@H]2C(=O)Nc2cccc(CN3CCCC3)c2)cn1C. The van der Waals surface area contributed by atoms with Crippen molar-refractivity contribution in [2.75, 3.05) is 31.6 Å². The van der Waals surface area contributed by atoms with Crippen molar-refractivity contribution >= 4 is 27.6 Å². The third-order valence-corrected chi connectivity index (χ3v) is 8.25. The van der Waals surface area contributed by atoms with Crippen LogP contribution in [0.3, 0.4) is 0 Å². The number of benzene rings is 1. The first-order valence-electron chi connectivity index (χ1n) is 11.8. The first kappa shape index (κ1) is 24.4. The van der Waals surface area contributed by atoms with Crippen LogP contribution in [0.5, 0.6) is 0 Å². The minimum Gasteiger partial charge on any atom is -0.461 e. The molecule has 10 heteroatoms. The second kappa shape index (κ2) is 10.3. The van der Waals surface area contributed by atoms with E-state index in [1.807, 2.05) is 24.3 Å². The van der Waals surface area contributed by atoms with E-state index in [1.165, 1.54) is 34.0 Å². The molecular formula is C24H32N4O5S. The lowest BCUT2D eigenvalue weighted by Crippen LogP contribution is -2.43. The summed E-state index contributed by atoms with van der Waals surface area (Å²) in [6, 6.07) is 8.22. The van der Waals surface area contributed by atoms with Crippen molar-refractivity contribution in [3.05, 3.63) is 47.8 Å². The Kier molecular flexibility index (Phi) is 7.39. The summed E-state index contributed by atoms with van der Waals surface area (Å²) < 4.78 is 34.4. The summed E-state index contributed by atoms with van der Waals surface area (Å²) in [4.78, 5) is 27.6. The summed E-state index contributed by atoms with van der Waals surface area (Å²) in [5.41, 5.74) is 1.93. The van der Waals surface area contributed by atoms with Crippen LogP contribution in [0.2, 0.25) is 0 Å². The number of rotatable bonds is 8. The van der Waals surface area contributed by atoms with Crippen molar-refractivity contribution < 1.29 is 22.7 Å². The molecule has 0 saturated carbocycles. The summed E-state index contributed by atoms with van der Waals surface area (Å²) in [7, 11) is -2.37. The molecule has 2 aromatic rings. The zero-order valence-electron chi connectivity index (χ0n) is 19.7. The van der Waals surface area contributed by atoms with Gasteiger partial charge in [0, 0.05) is 32.0 Å². The molecule has 184 valence electrons. The van der Waals surface area contributed by atoms with Crippen molar-refractivity contribution in [1.29, 1.82) is 0 Å². The van der Waals surface area contributed by atoms with E-state index < -0.39 is 22.0 Å². The van der Waals surface area contributed by atoms with Gasteiger partial charge >= 0.3 is 5.97 Å². The number of nitrogens with zero attached hydrogens (tertiary/aromatic N) is 3. The number of carbonyl (C=O) groups is 2. The lowest BCUT2D eigenvalue weighted by atomic mass is 10.1. The molecule has 0 bridgehead atoms. The van der Waals surface area contributed by atoms with Crippen LogP contribution >= 0.6 is 0 Å².